The number of esters is 1. The topological polar surface area (TPSA) is 68.3 Å². The molecule has 5 nitrogen and oxygen atoms in total. The minimum atomic E-state index is -0.950. The zero-order valence-corrected chi connectivity index (χ0v) is 16.2. The van der Waals surface area contributed by atoms with Crippen LogP contribution in [0.5, 0.6) is 0 Å². The number of hydrogen-bond donors (Lipinski definition) is 1. The van der Waals surface area contributed by atoms with Gasteiger partial charge in [-0.3, -0.25) is 9.78 Å². The minimum absolute atomic E-state index is 0.384. The molecular weight excluding hydrogens is 364 g/mol. The molecule has 0 unspecified atom stereocenters. The number of nitrogens with zero attached hydrogens (tertiary/aromatic N) is 1. The number of carbonyl (C=O) groups is 2. The molecule has 4 rings (SSSR count). The summed E-state index contributed by atoms with van der Waals surface area (Å²) < 4.78 is 5.47. The molecule has 0 fully saturated rings. The predicted octanol–water partition coefficient (Wildman–Crippen LogP) is 4.88. The Hall–Kier alpha value is -3.73. The number of aryl methyl sites for hydroxylation is 1. The molecule has 0 aliphatic heterocycles. The van der Waals surface area contributed by atoms with Crippen LogP contribution in [0.2, 0.25) is 0 Å². The number of aromatic nitrogens is 1. The van der Waals surface area contributed by atoms with Gasteiger partial charge >= 0.3 is 5.97 Å². The van der Waals surface area contributed by atoms with Gasteiger partial charge in [-0.05, 0) is 37.4 Å². The highest BCUT2D eigenvalue weighted by Gasteiger charge is 2.21. The lowest BCUT2D eigenvalue weighted by molar-refractivity contribution is -0.123. The quantitative estimate of drug-likeness (QED) is 0.509. The van der Waals surface area contributed by atoms with Crippen LogP contribution in [0, 0.1) is 6.92 Å². The van der Waals surface area contributed by atoms with Crippen molar-refractivity contribution in [1.82, 2.24) is 4.98 Å². The average Bonchev–Trinajstić information content (AvgIpc) is 2.73. The van der Waals surface area contributed by atoms with Crippen molar-refractivity contribution in [2.24, 2.45) is 0 Å². The van der Waals surface area contributed by atoms with Crippen molar-refractivity contribution in [3.8, 4) is 0 Å². The smallest absolute Gasteiger partial charge is 0.339 e. The molecule has 1 N–H and O–H groups in total. The summed E-state index contributed by atoms with van der Waals surface area (Å²) in [4.78, 5) is 29.8. The van der Waals surface area contributed by atoms with Crippen LogP contribution in [0.1, 0.15) is 23.0 Å². The third-order valence-electron chi connectivity index (χ3n) is 4.76. The molecule has 5 heteroatoms. The third kappa shape index (κ3) is 3.80. The number of fused-ring (bicyclic) bond motifs is 2. The van der Waals surface area contributed by atoms with Crippen LogP contribution < -0.4 is 5.32 Å². The van der Waals surface area contributed by atoms with Crippen molar-refractivity contribution in [3.05, 3.63) is 84.1 Å². The van der Waals surface area contributed by atoms with E-state index in [1.54, 1.807) is 13.0 Å². The molecule has 144 valence electrons. The first-order valence-corrected chi connectivity index (χ1v) is 9.39. The van der Waals surface area contributed by atoms with Gasteiger partial charge in [0, 0.05) is 22.2 Å². The Morgan fingerprint density at radius 1 is 0.931 bits per heavy atom. The van der Waals surface area contributed by atoms with Crippen LogP contribution in [0.4, 0.5) is 5.69 Å². The number of rotatable bonds is 4. The van der Waals surface area contributed by atoms with Crippen LogP contribution in [0.25, 0.3) is 21.7 Å². The number of carbonyl (C=O) groups excluding carboxylic acids is 2. The number of anilines is 1. The summed E-state index contributed by atoms with van der Waals surface area (Å²) in [6.45, 7) is 3.38. The Morgan fingerprint density at radius 2 is 1.62 bits per heavy atom. The Morgan fingerprint density at radius 3 is 2.45 bits per heavy atom. The van der Waals surface area contributed by atoms with Gasteiger partial charge in [0.05, 0.1) is 11.1 Å². The molecule has 3 aromatic carbocycles. The van der Waals surface area contributed by atoms with E-state index in [0.29, 0.717) is 27.8 Å². The van der Waals surface area contributed by atoms with Crippen molar-refractivity contribution < 1.29 is 14.3 Å². The lowest BCUT2D eigenvalue weighted by atomic mass is 10.1. The highest BCUT2D eigenvalue weighted by Crippen LogP contribution is 2.24. The zero-order valence-electron chi connectivity index (χ0n) is 16.2. The molecule has 1 atom stereocenters. The molecule has 0 aliphatic carbocycles. The van der Waals surface area contributed by atoms with Gasteiger partial charge in [0.1, 0.15) is 0 Å². The lowest BCUT2D eigenvalue weighted by Gasteiger charge is -2.15. The SMILES string of the molecule is Cc1cc(C(=O)O[C@@H](C)C(=O)Nc2cccc3ccccc23)c2ccccc2n1. The van der Waals surface area contributed by atoms with E-state index in [0.717, 1.165) is 10.8 Å². The largest absolute Gasteiger partial charge is 0.449 e. The standard InChI is InChI=1S/C24H20N2O3/c1-15-14-20(19-11-5-6-12-22(19)25-15)24(28)29-16(2)23(27)26-21-13-7-9-17-8-3-4-10-18(17)21/h3-14,16H,1-2H3,(H,26,27)/t16-/m0/s1. The number of ether oxygens (including phenoxy) is 1. The van der Waals surface area contributed by atoms with E-state index in [9.17, 15) is 9.59 Å². The number of amides is 1. The van der Waals surface area contributed by atoms with Crippen LogP contribution in [-0.4, -0.2) is 23.0 Å². The van der Waals surface area contributed by atoms with Crippen LogP contribution in [0.15, 0.2) is 72.8 Å². The lowest BCUT2D eigenvalue weighted by Crippen LogP contribution is -2.30. The molecule has 4 aromatic rings. The minimum Gasteiger partial charge on any atom is -0.449 e. The second-order valence-corrected chi connectivity index (χ2v) is 6.89. The fourth-order valence-electron chi connectivity index (χ4n) is 3.32. The van der Waals surface area contributed by atoms with Crippen LogP contribution in [-0.2, 0) is 9.53 Å². The molecule has 0 saturated carbocycles. The van der Waals surface area contributed by atoms with Crippen molar-refractivity contribution in [2.75, 3.05) is 5.32 Å². The van der Waals surface area contributed by atoms with E-state index < -0.39 is 12.1 Å². The summed E-state index contributed by atoms with van der Waals surface area (Å²) in [5, 5.41) is 5.51. The first-order valence-electron chi connectivity index (χ1n) is 9.39. The number of nitrogens with one attached hydrogen (secondary N) is 1. The summed E-state index contributed by atoms with van der Waals surface area (Å²) in [5.41, 5.74) is 2.51. The Labute approximate surface area is 168 Å². The molecule has 0 saturated heterocycles. The van der Waals surface area contributed by atoms with E-state index in [-0.39, 0.29) is 5.91 Å². The summed E-state index contributed by atoms with van der Waals surface area (Å²) in [6.07, 6.45) is -0.950. The Kier molecular flexibility index (Phi) is 4.96. The number of para-hydroxylation sites is 1. The van der Waals surface area contributed by atoms with E-state index in [2.05, 4.69) is 10.3 Å². The monoisotopic (exact) mass is 384 g/mol. The second kappa shape index (κ2) is 7.72. The molecule has 0 aliphatic rings. The maximum absolute atomic E-state index is 12.8. The van der Waals surface area contributed by atoms with Gasteiger partial charge in [-0.2, -0.15) is 0 Å². The first kappa shape index (κ1) is 18.6. The molecule has 1 aromatic heterocycles. The molecule has 0 spiro atoms. The molecule has 1 amide bonds. The molecule has 0 bridgehead atoms. The van der Waals surface area contributed by atoms with Gasteiger partial charge in [0.25, 0.3) is 5.91 Å². The highest BCUT2D eigenvalue weighted by molar-refractivity contribution is 6.06. The van der Waals surface area contributed by atoms with Crippen molar-refractivity contribution in [2.45, 2.75) is 20.0 Å². The molecular formula is C24H20N2O3. The maximum Gasteiger partial charge on any atom is 0.339 e. The summed E-state index contributed by atoms with van der Waals surface area (Å²) in [5.74, 6) is -0.933. The molecule has 0 radical (unpaired) electrons. The van der Waals surface area contributed by atoms with Crippen molar-refractivity contribution >= 4 is 39.2 Å². The summed E-state index contributed by atoms with van der Waals surface area (Å²) in [6, 6.07) is 22.5. The van der Waals surface area contributed by atoms with E-state index in [1.165, 1.54) is 0 Å². The summed E-state index contributed by atoms with van der Waals surface area (Å²) >= 11 is 0. The van der Waals surface area contributed by atoms with Crippen LogP contribution >= 0.6 is 0 Å². The molecule has 1 heterocycles. The van der Waals surface area contributed by atoms with E-state index in [4.69, 9.17) is 4.74 Å². The normalized spacial score (nSPS) is 11.9. The first-order chi connectivity index (χ1) is 14.0. The second-order valence-electron chi connectivity index (χ2n) is 6.89. The van der Waals surface area contributed by atoms with Crippen LogP contribution in [0.3, 0.4) is 0 Å². The van der Waals surface area contributed by atoms with Gasteiger partial charge in [-0.15, -0.1) is 0 Å². The number of pyridine rings is 1. The van der Waals surface area contributed by atoms with Gasteiger partial charge in [-0.25, -0.2) is 4.79 Å². The van der Waals surface area contributed by atoms with Crippen molar-refractivity contribution in [1.29, 1.82) is 0 Å². The average molecular weight is 384 g/mol. The summed E-state index contributed by atoms with van der Waals surface area (Å²) in [7, 11) is 0. The number of hydrogen-bond acceptors (Lipinski definition) is 4. The van der Waals surface area contributed by atoms with E-state index >= 15 is 0 Å². The highest BCUT2D eigenvalue weighted by atomic mass is 16.5. The van der Waals surface area contributed by atoms with Gasteiger partial charge in [0.2, 0.25) is 0 Å². The fourth-order valence-corrected chi connectivity index (χ4v) is 3.32. The Bertz CT molecular complexity index is 1230. The van der Waals surface area contributed by atoms with E-state index in [1.807, 2.05) is 73.7 Å². The predicted molar refractivity (Wildman–Crippen MR) is 114 cm³/mol. The fraction of sp³-hybridized carbons (Fsp3) is 0.125. The Balaban J connectivity index is 1.54. The zero-order chi connectivity index (χ0) is 20.4. The van der Waals surface area contributed by atoms with Crippen molar-refractivity contribution in [3.63, 3.8) is 0 Å². The maximum atomic E-state index is 12.8. The third-order valence-corrected chi connectivity index (χ3v) is 4.76. The van der Waals surface area contributed by atoms with Gasteiger partial charge < -0.3 is 10.1 Å². The van der Waals surface area contributed by atoms with Gasteiger partial charge in [-0.1, -0.05) is 54.6 Å². The molecule has 29 heavy (non-hydrogen) atoms. The number of benzene rings is 3. The van der Waals surface area contributed by atoms with Gasteiger partial charge in [0.15, 0.2) is 6.10 Å².